The third-order valence-electron chi connectivity index (χ3n) is 3.71. The second kappa shape index (κ2) is 9.02. The van der Waals surface area contributed by atoms with Gasteiger partial charge in [0, 0.05) is 19.1 Å². The average molecular weight is 334 g/mol. The molecule has 1 heterocycles. The molecule has 1 aliphatic rings. The van der Waals surface area contributed by atoms with Crippen molar-refractivity contribution in [2.75, 3.05) is 31.7 Å². The quantitative estimate of drug-likeness (QED) is 0.766. The van der Waals surface area contributed by atoms with Gasteiger partial charge in [0.25, 0.3) is 0 Å². The first-order valence-electron chi connectivity index (χ1n) is 8.03. The highest BCUT2D eigenvalue weighted by Crippen LogP contribution is 2.16. The monoisotopic (exact) mass is 334 g/mol. The number of nitrogens with one attached hydrogen (secondary N) is 2. The van der Waals surface area contributed by atoms with Gasteiger partial charge in [0.05, 0.1) is 24.4 Å². The van der Waals surface area contributed by atoms with Gasteiger partial charge in [-0.1, -0.05) is 12.1 Å². The molecule has 130 valence electrons. The van der Waals surface area contributed by atoms with Crippen LogP contribution in [0.4, 0.5) is 5.69 Å². The Labute approximate surface area is 140 Å². The maximum absolute atomic E-state index is 12.0. The van der Waals surface area contributed by atoms with E-state index in [2.05, 4.69) is 10.6 Å². The molecule has 0 bridgehead atoms. The zero-order valence-corrected chi connectivity index (χ0v) is 13.7. The molecule has 0 unspecified atom stereocenters. The molecule has 7 heteroatoms. The molecule has 0 radical (unpaired) electrons. The minimum absolute atomic E-state index is 0.113. The van der Waals surface area contributed by atoms with Gasteiger partial charge < -0.3 is 20.1 Å². The number of benzene rings is 1. The molecule has 7 nitrogen and oxygen atoms in total. The summed E-state index contributed by atoms with van der Waals surface area (Å²) in [5, 5.41) is 5.25. The number of ether oxygens (including phenoxy) is 2. The number of carbonyl (C=O) groups excluding carboxylic acids is 3. The van der Waals surface area contributed by atoms with E-state index in [0.717, 1.165) is 0 Å². The van der Waals surface area contributed by atoms with Crippen LogP contribution >= 0.6 is 0 Å². The summed E-state index contributed by atoms with van der Waals surface area (Å²) in [4.78, 5) is 35.9. The number of hydrogen-bond donors (Lipinski definition) is 2. The lowest BCUT2D eigenvalue weighted by Gasteiger charge is -2.21. The smallest absolute Gasteiger partial charge is 0.340 e. The largest absolute Gasteiger partial charge is 0.462 e. The fraction of sp³-hybridized carbons (Fsp3) is 0.471. The molecule has 2 amide bonds. The molecule has 24 heavy (non-hydrogen) atoms. The highest BCUT2D eigenvalue weighted by molar-refractivity contribution is 6.02. The predicted octanol–water partition coefficient (Wildman–Crippen LogP) is 1.34. The van der Waals surface area contributed by atoms with Crippen LogP contribution in [-0.4, -0.2) is 44.1 Å². The normalized spacial score (nSPS) is 14.7. The molecule has 0 spiro atoms. The average Bonchev–Trinajstić information content (AvgIpc) is 2.61. The SMILES string of the molecule is CCOC(=O)c1ccccc1NC(=O)CNC(=O)C1CCOCC1. The number of anilines is 1. The number of esters is 1. The lowest BCUT2D eigenvalue weighted by atomic mass is 9.99. The van der Waals surface area contributed by atoms with Gasteiger partial charge in [0.1, 0.15) is 0 Å². The van der Waals surface area contributed by atoms with Crippen molar-refractivity contribution in [3.63, 3.8) is 0 Å². The number of rotatable bonds is 6. The Kier molecular flexibility index (Phi) is 6.74. The van der Waals surface area contributed by atoms with Crippen molar-refractivity contribution in [3.05, 3.63) is 29.8 Å². The third kappa shape index (κ3) is 5.06. The summed E-state index contributed by atoms with van der Waals surface area (Å²) in [7, 11) is 0. The molecule has 2 rings (SSSR count). The van der Waals surface area contributed by atoms with Gasteiger partial charge in [-0.3, -0.25) is 9.59 Å². The van der Waals surface area contributed by atoms with Crippen molar-refractivity contribution in [1.29, 1.82) is 0 Å². The van der Waals surface area contributed by atoms with Gasteiger partial charge in [-0.2, -0.15) is 0 Å². The Morgan fingerprint density at radius 2 is 1.92 bits per heavy atom. The van der Waals surface area contributed by atoms with E-state index in [4.69, 9.17) is 9.47 Å². The standard InChI is InChI=1S/C17H22N2O5/c1-2-24-17(22)13-5-3-4-6-14(13)19-15(20)11-18-16(21)12-7-9-23-10-8-12/h3-6,12H,2,7-11H2,1H3,(H,18,21)(H,19,20). The van der Waals surface area contributed by atoms with Crippen LogP contribution in [0.25, 0.3) is 0 Å². The molecule has 2 N–H and O–H groups in total. The number of para-hydroxylation sites is 1. The van der Waals surface area contributed by atoms with Crippen LogP contribution in [0.2, 0.25) is 0 Å². The summed E-state index contributed by atoms with van der Waals surface area (Å²) in [6.07, 6.45) is 1.33. The third-order valence-corrected chi connectivity index (χ3v) is 3.71. The van der Waals surface area contributed by atoms with E-state index in [1.54, 1.807) is 31.2 Å². The van der Waals surface area contributed by atoms with Crippen LogP contribution in [0.5, 0.6) is 0 Å². The predicted molar refractivity (Wildman–Crippen MR) is 87.6 cm³/mol. The van der Waals surface area contributed by atoms with Crippen LogP contribution in [0.15, 0.2) is 24.3 Å². The molecular formula is C17H22N2O5. The van der Waals surface area contributed by atoms with E-state index >= 15 is 0 Å². The van der Waals surface area contributed by atoms with Crippen LogP contribution in [0.1, 0.15) is 30.1 Å². The molecule has 0 atom stereocenters. The minimum Gasteiger partial charge on any atom is -0.462 e. The molecule has 0 aliphatic carbocycles. The Morgan fingerprint density at radius 3 is 2.62 bits per heavy atom. The molecule has 1 saturated heterocycles. The summed E-state index contributed by atoms with van der Waals surface area (Å²) in [5.41, 5.74) is 0.643. The van der Waals surface area contributed by atoms with Gasteiger partial charge in [-0.15, -0.1) is 0 Å². The van der Waals surface area contributed by atoms with E-state index in [9.17, 15) is 14.4 Å². The summed E-state index contributed by atoms with van der Waals surface area (Å²) in [5.74, 6) is -1.16. The number of carbonyl (C=O) groups is 3. The minimum atomic E-state index is -0.500. The van der Waals surface area contributed by atoms with E-state index in [-0.39, 0.29) is 30.5 Å². The lowest BCUT2D eigenvalue weighted by molar-refractivity contribution is -0.129. The van der Waals surface area contributed by atoms with Crippen LogP contribution in [-0.2, 0) is 19.1 Å². The van der Waals surface area contributed by atoms with Crippen molar-refractivity contribution in [1.82, 2.24) is 5.32 Å². The summed E-state index contributed by atoms with van der Waals surface area (Å²) in [6, 6.07) is 6.59. The van der Waals surface area contributed by atoms with E-state index in [1.807, 2.05) is 0 Å². The van der Waals surface area contributed by atoms with Gasteiger partial charge >= 0.3 is 5.97 Å². The molecule has 1 fully saturated rings. The van der Waals surface area contributed by atoms with Gasteiger partial charge in [-0.05, 0) is 31.9 Å². The molecule has 1 aliphatic heterocycles. The zero-order valence-electron chi connectivity index (χ0n) is 13.7. The lowest BCUT2D eigenvalue weighted by Crippen LogP contribution is -2.38. The molecular weight excluding hydrogens is 312 g/mol. The molecule has 1 aromatic carbocycles. The Balaban J connectivity index is 1.88. The first-order valence-corrected chi connectivity index (χ1v) is 8.03. The highest BCUT2D eigenvalue weighted by Gasteiger charge is 2.22. The highest BCUT2D eigenvalue weighted by atomic mass is 16.5. The Morgan fingerprint density at radius 1 is 1.21 bits per heavy atom. The zero-order chi connectivity index (χ0) is 17.4. The fourth-order valence-corrected chi connectivity index (χ4v) is 2.44. The maximum atomic E-state index is 12.0. The van der Waals surface area contributed by atoms with Crippen molar-refractivity contribution in [2.45, 2.75) is 19.8 Å². The summed E-state index contributed by atoms with van der Waals surface area (Å²) < 4.78 is 10.2. The van der Waals surface area contributed by atoms with Crippen LogP contribution in [0, 0.1) is 5.92 Å². The van der Waals surface area contributed by atoms with Crippen molar-refractivity contribution < 1.29 is 23.9 Å². The Bertz CT molecular complexity index is 596. The second-order valence-electron chi connectivity index (χ2n) is 5.42. The first-order chi connectivity index (χ1) is 11.6. The van der Waals surface area contributed by atoms with Gasteiger partial charge in [0.15, 0.2) is 0 Å². The first kappa shape index (κ1) is 17.9. The Hall–Kier alpha value is -2.41. The van der Waals surface area contributed by atoms with Gasteiger partial charge in [0.2, 0.25) is 11.8 Å². The second-order valence-corrected chi connectivity index (χ2v) is 5.42. The number of amides is 2. The van der Waals surface area contributed by atoms with E-state index < -0.39 is 11.9 Å². The fourth-order valence-electron chi connectivity index (χ4n) is 2.44. The van der Waals surface area contributed by atoms with E-state index in [0.29, 0.717) is 31.7 Å². The summed E-state index contributed by atoms with van der Waals surface area (Å²) >= 11 is 0. The van der Waals surface area contributed by atoms with Crippen molar-refractivity contribution in [2.24, 2.45) is 5.92 Å². The molecule has 0 aromatic heterocycles. The van der Waals surface area contributed by atoms with E-state index in [1.165, 1.54) is 0 Å². The molecule has 1 aromatic rings. The van der Waals surface area contributed by atoms with Crippen molar-refractivity contribution in [3.8, 4) is 0 Å². The van der Waals surface area contributed by atoms with Crippen LogP contribution < -0.4 is 10.6 Å². The molecule has 0 saturated carbocycles. The van der Waals surface area contributed by atoms with Crippen LogP contribution in [0.3, 0.4) is 0 Å². The maximum Gasteiger partial charge on any atom is 0.340 e. The van der Waals surface area contributed by atoms with Crippen molar-refractivity contribution >= 4 is 23.5 Å². The number of hydrogen-bond acceptors (Lipinski definition) is 5. The summed E-state index contributed by atoms with van der Waals surface area (Å²) in [6.45, 7) is 2.95. The topological polar surface area (TPSA) is 93.7 Å². The van der Waals surface area contributed by atoms with Gasteiger partial charge in [-0.25, -0.2) is 4.79 Å².